The fourth-order valence-corrected chi connectivity index (χ4v) is 7.75. The Hall–Kier alpha value is -1.08. The van der Waals surface area contributed by atoms with Crippen molar-refractivity contribution in [2.45, 2.75) is 179 Å². The molecule has 6 aliphatic rings. The summed E-state index contributed by atoms with van der Waals surface area (Å²) in [6, 6.07) is 0. The summed E-state index contributed by atoms with van der Waals surface area (Å²) >= 11 is 0. The van der Waals surface area contributed by atoms with Gasteiger partial charge >= 0.3 is 0 Å². The van der Waals surface area contributed by atoms with Crippen molar-refractivity contribution in [3.63, 3.8) is 0 Å². The Labute approximate surface area is 360 Å². The number of hydrogen-bond acceptors (Lipinski definition) is 27. The number of ether oxygens (including phenoxy) is 10. The van der Waals surface area contributed by atoms with Gasteiger partial charge in [-0.25, -0.2) is 0 Å². The predicted octanol–water partition coefficient (Wildman–Crippen LogP) is -10.4. The van der Waals surface area contributed by atoms with Crippen LogP contribution in [0.25, 0.3) is 0 Å². The summed E-state index contributed by atoms with van der Waals surface area (Å²) in [7, 11) is 0. The lowest BCUT2D eigenvalue weighted by Gasteiger charge is -2.48. The number of unbranched alkanes of at least 4 members (excludes halogenated alkanes) is 3. The Balaban J connectivity index is 0.000000330. The fourth-order valence-electron chi connectivity index (χ4n) is 7.75. The molecule has 6 saturated heterocycles. The second-order valence-electron chi connectivity index (χ2n) is 16.0. The second-order valence-corrected chi connectivity index (χ2v) is 16.0. The number of hydrogen-bond donors (Lipinski definition) is 17. The van der Waals surface area contributed by atoms with Gasteiger partial charge in [-0.3, -0.25) is 0 Å². The van der Waals surface area contributed by atoms with Gasteiger partial charge in [-0.15, -0.1) is 0 Å². The van der Waals surface area contributed by atoms with Crippen LogP contribution in [0.2, 0.25) is 0 Å². The number of fused-ring (bicyclic) bond motifs is 1. The van der Waals surface area contributed by atoms with E-state index in [1.54, 1.807) is 0 Å². The van der Waals surface area contributed by atoms with Crippen molar-refractivity contribution in [2.75, 3.05) is 46.2 Å². The lowest BCUT2D eigenvalue weighted by Crippen LogP contribution is -2.67. The van der Waals surface area contributed by atoms with Gasteiger partial charge < -0.3 is 135 Å². The van der Waals surface area contributed by atoms with E-state index in [1.165, 1.54) is 0 Å². The van der Waals surface area contributed by atoms with E-state index in [1.807, 2.05) is 0 Å². The third-order valence-corrected chi connectivity index (χ3v) is 11.6. The molecule has 0 saturated carbocycles. The zero-order valence-corrected chi connectivity index (χ0v) is 34.0. The van der Waals surface area contributed by atoms with Gasteiger partial charge in [0.15, 0.2) is 31.5 Å². The first-order chi connectivity index (χ1) is 30.1. The Morgan fingerprint density at radius 2 is 0.714 bits per heavy atom. The highest BCUT2D eigenvalue weighted by atomic mass is 16.8. The quantitative estimate of drug-likeness (QED) is 0.0448. The zero-order chi connectivity index (χ0) is 46.3. The van der Waals surface area contributed by atoms with Crippen LogP contribution >= 0.6 is 0 Å². The zero-order valence-electron chi connectivity index (χ0n) is 34.0. The molecule has 27 heteroatoms. The molecule has 63 heavy (non-hydrogen) atoms. The molecule has 25 atom stereocenters. The van der Waals surface area contributed by atoms with E-state index in [-0.39, 0.29) is 0 Å². The normalized spacial score (nSPS) is 48.8. The van der Waals surface area contributed by atoms with Gasteiger partial charge in [0.2, 0.25) is 0 Å². The molecule has 0 radical (unpaired) electrons. The van der Waals surface area contributed by atoms with E-state index >= 15 is 0 Å². The van der Waals surface area contributed by atoms with E-state index in [2.05, 4.69) is 0 Å². The summed E-state index contributed by atoms with van der Waals surface area (Å²) < 4.78 is 54.2. The smallest absolute Gasteiger partial charge is 0.187 e. The molecule has 0 aromatic carbocycles. The SMILES string of the molecule is NCCCCCCOC1OC(CO)C(O)C(O)C1O.OCC1OC(OC2C(CO)OC(OC3C(CO)OC(OC4C(CO)OC5OC5C4O)C(O)C3O)C(O)C2O)C(O)C(O)C1O. The van der Waals surface area contributed by atoms with Crippen molar-refractivity contribution < 1.29 is 129 Å². The van der Waals surface area contributed by atoms with Crippen molar-refractivity contribution >= 4 is 0 Å². The Morgan fingerprint density at radius 1 is 0.349 bits per heavy atom. The average Bonchev–Trinajstić information content (AvgIpc) is 4.08. The van der Waals surface area contributed by atoms with E-state index in [4.69, 9.17) is 58.2 Å². The van der Waals surface area contributed by atoms with Crippen LogP contribution < -0.4 is 5.73 Å². The monoisotopic (exact) mass is 927 g/mol. The maximum atomic E-state index is 10.9. The molecule has 6 aliphatic heterocycles. The molecule has 0 aromatic rings. The number of aliphatic hydroxyl groups is 16. The van der Waals surface area contributed by atoms with Gasteiger partial charge in [0.25, 0.3) is 0 Å². The number of epoxide rings is 1. The Kier molecular flexibility index (Phi) is 20.4. The molecule has 0 bridgehead atoms. The number of aliphatic hydroxyl groups excluding tert-OH is 16. The molecule has 0 aromatic heterocycles. The molecule has 0 spiro atoms. The summed E-state index contributed by atoms with van der Waals surface area (Å²) in [4.78, 5) is 0. The van der Waals surface area contributed by atoms with Crippen LogP contribution in [0.1, 0.15) is 25.7 Å². The maximum Gasteiger partial charge on any atom is 0.187 e. The first-order valence-electron chi connectivity index (χ1n) is 20.8. The minimum atomic E-state index is -1.98. The predicted molar refractivity (Wildman–Crippen MR) is 198 cm³/mol. The highest BCUT2D eigenvalue weighted by molar-refractivity contribution is 5.00. The molecular formula is C36H65NO26. The van der Waals surface area contributed by atoms with E-state index in [0.717, 1.165) is 25.7 Å². The van der Waals surface area contributed by atoms with Crippen molar-refractivity contribution in [1.29, 1.82) is 0 Å². The van der Waals surface area contributed by atoms with Crippen LogP contribution in [0.5, 0.6) is 0 Å². The van der Waals surface area contributed by atoms with Crippen molar-refractivity contribution in [3.05, 3.63) is 0 Å². The summed E-state index contributed by atoms with van der Waals surface area (Å²) in [6.07, 6.45) is -33.1. The third kappa shape index (κ3) is 12.3. The molecule has 25 unspecified atom stereocenters. The largest absolute Gasteiger partial charge is 0.394 e. The Morgan fingerprint density at radius 3 is 1.16 bits per heavy atom. The topological polar surface area (TPSA) is 445 Å². The number of nitrogens with two attached hydrogens (primary N) is 1. The molecule has 370 valence electrons. The minimum Gasteiger partial charge on any atom is -0.394 e. The van der Waals surface area contributed by atoms with E-state index < -0.39 is 187 Å². The summed E-state index contributed by atoms with van der Waals surface area (Å²) in [6.45, 7) is -2.42. The summed E-state index contributed by atoms with van der Waals surface area (Å²) in [5.74, 6) is 0. The van der Waals surface area contributed by atoms with Crippen LogP contribution in [0, 0.1) is 0 Å². The van der Waals surface area contributed by atoms with Gasteiger partial charge in [-0.1, -0.05) is 12.8 Å². The van der Waals surface area contributed by atoms with Crippen LogP contribution in [0.3, 0.4) is 0 Å². The maximum absolute atomic E-state index is 10.9. The van der Waals surface area contributed by atoms with E-state index in [9.17, 15) is 76.6 Å². The molecule has 0 aliphatic carbocycles. The summed E-state index contributed by atoms with van der Waals surface area (Å²) in [5.41, 5.74) is 5.38. The van der Waals surface area contributed by atoms with Gasteiger partial charge in [0, 0.05) is 6.61 Å². The molecule has 0 amide bonds. The number of rotatable bonds is 18. The van der Waals surface area contributed by atoms with E-state index in [0.29, 0.717) is 13.2 Å². The molecule has 27 nitrogen and oxygen atoms in total. The first kappa shape index (κ1) is 52.9. The van der Waals surface area contributed by atoms with Crippen molar-refractivity contribution in [2.24, 2.45) is 5.73 Å². The van der Waals surface area contributed by atoms with Gasteiger partial charge in [0.1, 0.15) is 122 Å². The lowest BCUT2D eigenvalue weighted by atomic mass is 9.96. The summed E-state index contributed by atoms with van der Waals surface area (Å²) in [5, 5.41) is 161. The molecule has 6 fully saturated rings. The van der Waals surface area contributed by atoms with Gasteiger partial charge in [-0.05, 0) is 19.4 Å². The molecular weight excluding hydrogens is 862 g/mol. The highest BCUT2D eigenvalue weighted by Crippen LogP contribution is 2.39. The van der Waals surface area contributed by atoms with Crippen LogP contribution in [0.4, 0.5) is 0 Å². The molecule has 6 heterocycles. The second kappa shape index (κ2) is 24.3. The van der Waals surface area contributed by atoms with Crippen LogP contribution in [-0.2, 0) is 47.4 Å². The third-order valence-electron chi connectivity index (χ3n) is 11.6. The van der Waals surface area contributed by atoms with Gasteiger partial charge in [0.05, 0.1) is 33.0 Å². The molecule has 18 N–H and O–H groups in total. The average molecular weight is 928 g/mol. The lowest BCUT2D eigenvalue weighted by molar-refractivity contribution is -0.383. The minimum absolute atomic E-state index is 0.382. The standard InChI is InChI=1S/C24H40O20.C12H25NO6/c25-1-5-9(29)10(30)13(33)21(37-5)41-17-6(2-26)38-22(14(34)11(17)31)42-18-7(3-27)39-23(15(35)12(18)32)43-19-8(4-28)40-24-20(44-24)16(19)36;13-5-3-1-2-4-6-18-12-11(17)10(16)9(15)8(7-14)19-12/h5-36H,1-4H2;8-12,14-17H,1-7,13H2. The highest BCUT2D eigenvalue weighted by Gasteiger charge is 2.59. The first-order valence-corrected chi connectivity index (χ1v) is 20.8. The van der Waals surface area contributed by atoms with Crippen molar-refractivity contribution in [1.82, 2.24) is 0 Å². The van der Waals surface area contributed by atoms with Gasteiger partial charge in [-0.2, -0.15) is 0 Å². The Bertz CT molecular complexity index is 1320. The fraction of sp³-hybridized carbons (Fsp3) is 1.00. The van der Waals surface area contributed by atoms with Crippen LogP contribution in [-0.4, -0.2) is 281 Å². The van der Waals surface area contributed by atoms with Crippen LogP contribution in [0.15, 0.2) is 0 Å². The van der Waals surface area contributed by atoms with Crippen molar-refractivity contribution in [3.8, 4) is 0 Å². The molecule has 6 rings (SSSR count).